The van der Waals surface area contributed by atoms with Crippen LogP contribution in [0.2, 0.25) is 5.02 Å². The maximum absolute atomic E-state index is 6.10. The molecule has 2 atom stereocenters. The van der Waals surface area contributed by atoms with Crippen molar-refractivity contribution in [2.75, 3.05) is 0 Å². The fourth-order valence-corrected chi connectivity index (χ4v) is 2.25. The molecule has 18 heavy (non-hydrogen) atoms. The molecule has 2 rings (SSSR count). The molecule has 0 radical (unpaired) electrons. The highest BCUT2D eigenvalue weighted by Crippen LogP contribution is 2.23. The van der Waals surface area contributed by atoms with Crippen LogP contribution in [0.25, 0.3) is 0 Å². The Hall–Kier alpha value is -1.39. The molecule has 0 fully saturated rings. The monoisotopic (exact) mass is 264 g/mol. The van der Waals surface area contributed by atoms with E-state index < -0.39 is 0 Å². The maximum Gasteiger partial charge on any atom is 0.147 e. The molecule has 2 aromatic rings. The minimum absolute atomic E-state index is 0.0246. The van der Waals surface area contributed by atoms with E-state index in [1.807, 2.05) is 49.7 Å². The molecule has 2 unspecified atom stereocenters. The van der Waals surface area contributed by atoms with Crippen molar-refractivity contribution in [2.24, 2.45) is 5.73 Å². The van der Waals surface area contributed by atoms with E-state index in [0.717, 1.165) is 17.2 Å². The Morgan fingerprint density at radius 3 is 2.28 bits per heavy atom. The summed E-state index contributed by atoms with van der Waals surface area (Å²) < 4.78 is 1.88. The first-order chi connectivity index (χ1) is 8.49. The molecule has 0 amide bonds. The summed E-state index contributed by atoms with van der Waals surface area (Å²) in [4.78, 5) is 4.33. The van der Waals surface area contributed by atoms with Crippen molar-refractivity contribution in [2.45, 2.75) is 32.9 Å². The molecule has 0 aliphatic rings. The normalized spacial score (nSPS) is 14.5. The zero-order valence-electron chi connectivity index (χ0n) is 10.8. The van der Waals surface area contributed by atoms with Gasteiger partial charge in [0.15, 0.2) is 0 Å². The van der Waals surface area contributed by atoms with Gasteiger partial charge in [-0.25, -0.2) is 9.67 Å². The summed E-state index contributed by atoms with van der Waals surface area (Å²) in [5.74, 6) is 1.62. The van der Waals surface area contributed by atoms with E-state index in [2.05, 4.69) is 10.1 Å². The molecule has 1 aromatic carbocycles. The van der Waals surface area contributed by atoms with Crippen molar-refractivity contribution in [3.8, 4) is 0 Å². The predicted octanol–water partition coefficient (Wildman–Crippen LogP) is 2.48. The van der Waals surface area contributed by atoms with Gasteiger partial charge in [0.2, 0.25) is 0 Å². The number of aromatic nitrogens is 3. The summed E-state index contributed by atoms with van der Waals surface area (Å²) in [7, 11) is 0. The van der Waals surface area contributed by atoms with E-state index in [0.29, 0.717) is 5.02 Å². The van der Waals surface area contributed by atoms with Crippen molar-refractivity contribution in [3.63, 3.8) is 0 Å². The first-order valence-electron chi connectivity index (χ1n) is 5.90. The summed E-state index contributed by atoms with van der Waals surface area (Å²) in [5, 5.41) is 5.14. The quantitative estimate of drug-likeness (QED) is 0.927. The van der Waals surface area contributed by atoms with Gasteiger partial charge in [-0.05, 0) is 38.5 Å². The van der Waals surface area contributed by atoms with E-state index >= 15 is 0 Å². The largest absolute Gasteiger partial charge is 0.326 e. The number of nitrogens with two attached hydrogens (primary N) is 1. The summed E-state index contributed by atoms with van der Waals surface area (Å²) in [5.41, 5.74) is 7.18. The average Bonchev–Trinajstić information content (AvgIpc) is 2.61. The Kier molecular flexibility index (Phi) is 3.68. The van der Waals surface area contributed by atoms with Crippen LogP contribution in [0, 0.1) is 13.8 Å². The van der Waals surface area contributed by atoms with Crippen LogP contribution in [0.3, 0.4) is 0 Å². The number of nitrogens with zero attached hydrogens (tertiary/aromatic N) is 3. The zero-order chi connectivity index (χ0) is 13.3. The van der Waals surface area contributed by atoms with Crippen LogP contribution in [0.1, 0.15) is 30.2 Å². The number of benzene rings is 1. The Labute approximate surface area is 112 Å². The van der Waals surface area contributed by atoms with Crippen molar-refractivity contribution in [1.29, 1.82) is 0 Å². The molecule has 0 saturated heterocycles. The van der Waals surface area contributed by atoms with Gasteiger partial charge in [-0.2, -0.15) is 5.10 Å². The van der Waals surface area contributed by atoms with E-state index in [-0.39, 0.29) is 12.1 Å². The Morgan fingerprint density at radius 1 is 1.22 bits per heavy atom. The molecule has 1 heterocycles. The first kappa shape index (κ1) is 13.1. The van der Waals surface area contributed by atoms with Crippen molar-refractivity contribution < 1.29 is 0 Å². The van der Waals surface area contributed by atoms with Gasteiger partial charge >= 0.3 is 0 Å². The van der Waals surface area contributed by atoms with Gasteiger partial charge in [-0.1, -0.05) is 23.7 Å². The van der Waals surface area contributed by atoms with Gasteiger partial charge in [-0.3, -0.25) is 0 Å². The summed E-state index contributed by atoms with van der Waals surface area (Å²) in [6, 6.07) is 7.60. The molecule has 0 bridgehead atoms. The van der Waals surface area contributed by atoms with Crippen LogP contribution in [0.4, 0.5) is 0 Å². The third kappa shape index (κ3) is 2.54. The van der Waals surface area contributed by atoms with Crippen LogP contribution in [-0.4, -0.2) is 20.8 Å². The number of hydrogen-bond donors (Lipinski definition) is 1. The molecular formula is C13H17ClN4. The van der Waals surface area contributed by atoms with Crippen molar-refractivity contribution in [1.82, 2.24) is 14.8 Å². The minimum Gasteiger partial charge on any atom is -0.326 e. The van der Waals surface area contributed by atoms with Gasteiger partial charge in [0.25, 0.3) is 0 Å². The molecule has 4 nitrogen and oxygen atoms in total. The molecule has 5 heteroatoms. The zero-order valence-corrected chi connectivity index (χ0v) is 11.5. The molecule has 0 saturated carbocycles. The molecule has 96 valence electrons. The van der Waals surface area contributed by atoms with Gasteiger partial charge in [0.1, 0.15) is 11.6 Å². The highest BCUT2D eigenvalue weighted by atomic mass is 35.5. The van der Waals surface area contributed by atoms with E-state index in [1.54, 1.807) is 0 Å². The fourth-order valence-electron chi connectivity index (χ4n) is 2.13. The van der Waals surface area contributed by atoms with Gasteiger partial charge in [0.05, 0.1) is 6.04 Å². The molecule has 0 spiro atoms. The average molecular weight is 265 g/mol. The first-order valence-corrected chi connectivity index (χ1v) is 6.27. The summed E-state index contributed by atoms with van der Waals surface area (Å²) in [6.07, 6.45) is 0. The number of halogens is 1. The van der Waals surface area contributed by atoms with Gasteiger partial charge in [-0.15, -0.1) is 0 Å². The number of aryl methyl sites for hydroxylation is 2. The Balaban J connectivity index is 2.46. The van der Waals surface area contributed by atoms with Gasteiger partial charge < -0.3 is 5.73 Å². The summed E-state index contributed by atoms with van der Waals surface area (Å²) >= 11 is 5.91. The van der Waals surface area contributed by atoms with E-state index in [9.17, 15) is 0 Å². The minimum atomic E-state index is -0.0639. The molecule has 0 aliphatic heterocycles. The van der Waals surface area contributed by atoms with E-state index in [4.69, 9.17) is 17.3 Å². The summed E-state index contributed by atoms with van der Waals surface area (Å²) in [6.45, 7) is 5.78. The van der Waals surface area contributed by atoms with Crippen molar-refractivity contribution in [3.05, 3.63) is 46.5 Å². The molecular weight excluding hydrogens is 248 g/mol. The lowest BCUT2D eigenvalue weighted by atomic mass is 10.0. The maximum atomic E-state index is 6.10. The lowest BCUT2D eigenvalue weighted by Gasteiger charge is -2.22. The molecule has 1 aromatic heterocycles. The SMILES string of the molecule is Cc1nc(C)n(C(c2ccc(Cl)cc2)C(C)N)n1. The molecule has 0 aliphatic carbocycles. The lowest BCUT2D eigenvalue weighted by Crippen LogP contribution is -2.31. The third-order valence-electron chi connectivity index (χ3n) is 2.88. The predicted molar refractivity (Wildman–Crippen MR) is 72.7 cm³/mol. The van der Waals surface area contributed by atoms with Crippen LogP contribution >= 0.6 is 11.6 Å². The Morgan fingerprint density at radius 2 is 1.83 bits per heavy atom. The smallest absolute Gasteiger partial charge is 0.147 e. The molecule has 2 N–H and O–H groups in total. The van der Waals surface area contributed by atoms with Crippen LogP contribution in [0.15, 0.2) is 24.3 Å². The second-order valence-electron chi connectivity index (χ2n) is 4.51. The highest BCUT2D eigenvalue weighted by molar-refractivity contribution is 6.30. The van der Waals surface area contributed by atoms with Crippen LogP contribution < -0.4 is 5.73 Å². The second kappa shape index (κ2) is 5.08. The second-order valence-corrected chi connectivity index (χ2v) is 4.94. The Bertz CT molecular complexity index is 530. The number of rotatable bonds is 3. The van der Waals surface area contributed by atoms with Crippen LogP contribution in [-0.2, 0) is 0 Å². The van der Waals surface area contributed by atoms with Crippen molar-refractivity contribution >= 4 is 11.6 Å². The highest BCUT2D eigenvalue weighted by Gasteiger charge is 2.21. The topological polar surface area (TPSA) is 56.7 Å². The van der Waals surface area contributed by atoms with Gasteiger partial charge in [0, 0.05) is 11.1 Å². The number of hydrogen-bond acceptors (Lipinski definition) is 3. The standard InChI is InChI=1S/C13H17ClN4/c1-8(15)13(11-4-6-12(14)7-5-11)18-10(3)16-9(2)17-18/h4-8,13H,15H2,1-3H3. The fraction of sp³-hybridized carbons (Fsp3) is 0.385. The third-order valence-corrected chi connectivity index (χ3v) is 3.13. The lowest BCUT2D eigenvalue weighted by molar-refractivity contribution is 0.442. The van der Waals surface area contributed by atoms with E-state index in [1.165, 1.54) is 0 Å². The van der Waals surface area contributed by atoms with Crippen LogP contribution in [0.5, 0.6) is 0 Å².